The second kappa shape index (κ2) is 8.12. The van der Waals surface area contributed by atoms with Gasteiger partial charge in [0.15, 0.2) is 0 Å². The van der Waals surface area contributed by atoms with Gasteiger partial charge in [0.1, 0.15) is 0 Å². The van der Waals surface area contributed by atoms with Crippen molar-refractivity contribution in [2.24, 2.45) is 5.92 Å². The summed E-state index contributed by atoms with van der Waals surface area (Å²) >= 11 is 0. The molecule has 0 spiro atoms. The van der Waals surface area contributed by atoms with Gasteiger partial charge in [-0.05, 0) is 45.2 Å². The van der Waals surface area contributed by atoms with Gasteiger partial charge in [-0.15, -0.1) is 0 Å². The van der Waals surface area contributed by atoms with Crippen LogP contribution in [-0.2, 0) is 0 Å². The highest BCUT2D eigenvalue weighted by molar-refractivity contribution is 4.77. The van der Waals surface area contributed by atoms with E-state index in [0.717, 1.165) is 32.4 Å². The summed E-state index contributed by atoms with van der Waals surface area (Å²) in [6, 6.07) is 0. The summed E-state index contributed by atoms with van der Waals surface area (Å²) in [5.41, 5.74) is -0.489. The zero-order chi connectivity index (χ0) is 11.7. The highest BCUT2D eigenvalue weighted by atomic mass is 16.3. The van der Waals surface area contributed by atoms with Crippen LogP contribution in [-0.4, -0.2) is 23.8 Å². The molecule has 0 aromatic heterocycles. The van der Waals surface area contributed by atoms with Crippen molar-refractivity contribution in [3.63, 3.8) is 0 Å². The minimum Gasteiger partial charge on any atom is -0.390 e. The van der Waals surface area contributed by atoms with E-state index in [9.17, 15) is 5.11 Å². The maximum Gasteiger partial charge on any atom is 0.0634 e. The molecule has 1 unspecified atom stereocenters. The maximum absolute atomic E-state index is 10.2. The summed E-state index contributed by atoms with van der Waals surface area (Å²) < 4.78 is 0. The highest BCUT2D eigenvalue weighted by Crippen LogP contribution is 2.24. The smallest absolute Gasteiger partial charge is 0.0634 e. The van der Waals surface area contributed by atoms with E-state index in [4.69, 9.17) is 0 Å². The normalized spacial score (nSPS) is 15.6. The molecular weight excluding hydrogens is 186 g/mol. The predicted molar refractivity (Wildman–Crippen MR) is 67.1 cm³/mol. The summed E-state index contributed by atoms with van der Waals surface area (Å²) in [5, 5.41) is 13.5. The molecule has 0 saturated heterocycles. The standard InChI is InChI=1S/C13H29NO/c1-5-9-14-10-8-13(4,15)11-12(6-2)7-3/h12,14-15H,5-11H2,1-4H3. The van der Waals surface area contributed by atoms with E-state index in [0.29, 0.717) is 5.92 Å². The van der Waals surface area contributed by atoms with Gasteiger partial charge < -0.3 is 10.4 Å². The molecule has 0 aromatic rings. The Hall–Kier alpha value is -0.0800. The Kier molecular flexibility index (Phi) is 8.07. The van der Waals surface area contributed by atoms with Crippen molar-refractivity contribution in [1.29, 1.82) is 0 Å². The molecule has 0 aromatic carbocycles. The number of aliphatic hydroxyl groups is 1. The first-order valence-electron chi connectivity index (χ1n) is 6.48. The van der Waals surface area contributed by atoms with Gasteiger partial charge >= 0.3 is 0 Å². The van der Waals surface area contributed by atoms with Crippen molar-refractivity contribution in [3.05, 3.63) is 0 Å². The van der Waals surface area contributed by atoms with Crippen LogP contribution in [0.25, 0.3) is 0 Å². The van der Waals surface area contributed by atoms with E-state index in [2.05, 4.69) is 26.1 Å². The third-order valence-electron chi connectivity index (χ3n) is 3.15. The van der Waals surface area contributed by atoms with Crippen molar-refractivity contribution < 1.29 is 5.11 Å². The lowest BCUT2D eigenvalue weighted by molar-refractivity contribution is 0.0245. The van der Waals surface area contributed by atoms with Gasteiger partial charge in [-0.2, -0.15) is 0 Å². The molecule has 2 N–H and O–H groups in total. The number of hydrogen-bond donors (Lipinski definition) is 2. The lowest BCUT2D eigenvalue weighted by Crippen LogP contribution is -2.32. The van der Waals surface area contributed by atoms with E-state index in [1.807, 2.05) is 6.92 Å². The van der Waals surface area contributed by atoms with Crippen molar-refractivity contribution in [3.8, 4) is 0 Å². The van der Waals surface area contributed by atoms with Gasteiger partial charge in [0.2, 0.25) is 0 Å². The average Bonchev–Trinajstić information content (AvgIpc) is 2.21. The highest BCUT2D eigenvalue weighted by Gasteiger charge is 2.23. The van der Waals surface area contributed by atoms with Gasteiger partial charge in [0.05, 0.1) is 5.60 Å². The van der Waals surface area contributed by atoms with Crippen LogP contribution < -0.4 is 5.32 Å². The van der Waals surface area contributed by atoms with Gasteiger partial charge in [0, 0.05) is 0 Å². The summed E-state index contributed by atoms with van der Waals surface area (Å²) in [6.07, 6.45) is 5.32. The summed E-state index contributed by atoms with van der Waals surface area (Å²) in [4.78, 5) is 0. The Bertz CT molecular complexity index is 141. The van der Waals surface area contributed by atoms with Gasteiger partial charge in [-0.3, -0.25) is 0 Å². The molecule has 2 heteroatoms. The van der Waals surface area contributed by atoms with Crippen LogP contribution >= 0.6 is 0 Å². The number of rotatable bonds is 9. The Labute approximate surface area is 95.5 Å². The zero-order valence-electron chi connectivity index (χ0n) is 11.0. The Morgan fingerprint density at radius 3 is 2.20 bits per heavy atom. The van der Waals surface area contributed by atoms with E-state index in [-0.39, 0.29) is 0 Å². The van der Waals surface area contributed by atoms with Crippen LogP contribution in [0.1, 0.15) is 59.8 Å². The number of nitrogens with one attached hydrogen (secondary N) is 1. The van der Waals surface area contributed by atoms with Gasteiger partial charge in [-0.1, -0.05) is 33.6 Å². The first-order chi connectivity index (χ1) is 7.05. The Morgan fingerprint density at radius 1 is 1.13 bits per heavy atom. The van der Waals surface area contributed by atoms with Gasteiger partial charge in [-0.25, -0.2) is 0 Å². The van der Waals surface area contributed by atoms with E-state index < -0.39 is 5.60 Å². The van der Waals surface area contributed by atoms with Crippen LogP contribution in [0.4, 0.5) is 0 Å². The first kappa shape index (κ1) is 14.9. The minimum atomic E-state index is -0.489. The van der Waals surface area contributed by atoms with Crippen LogP contribution in [0.15, 0.2) is 0 Å². The molecule has 0 aliphatic rings. The number of hydrogen-bond acceptors (Lipinski definition) is 2. The largest absolute Gasteiger partial charge is 0.390 e. The van der Waals surface area contributed by atoms with Crippen molar-refractivity contribution in [1.82, 2.24) is 5.32 Å². The Balaban J connectivity index is 3.74. The quantitative estimate of drug-likeness (QED) is 0.580. The molecule has 0 aliphatic heterocycles. The third kappa shape index (κ3) is 7.80. The molecule has 15 heavy (non-hydrogen) atoms. The SMILES string of the molecule is CCCNCCC(C)(O)CC(CC)CC. The molecule has 0 heterocycles. The average molecular weight is 215 g/mol. The van der Waals surface area contributed by atoms with E-state index >= 15 is 0 Å². The van der Waals surface area contributed by atoms with Crippen LogP contribution in [0.5, 0.6) is 0 Å². The van der Waals surface area contributed by atoms with E-state index in [1.165, 1.54) is 12.8 Å². The third-order valence-corrected chi connectivity index (χ3v) is 3.15. The molecule has 0 amide bonds. The first-order valence-corrected chi connectivity index (χ1v) is 6.48. The molecule has 0 fully saturated rings. The second-order valence-electron chi connectivity index (χ2n) is 4.88. The lowest BCUT2D eigenvalue weighted by atomic mass is 9.86. The lowest BCUT2D eigenvalue weighted by Gasteiger charge is -2.27. The van der Waals surface area contributed by atoms with Crippen molar-refractivity contribution >= 4 is 0 Å². The van der Waals surface area contributed by atoms with Crippen LogP contribution in [0, 0.1) is 5.92 Å². The fraction of sp³-hybridized carbons (Fsp3) is 1.00. The Morgan fingerprint density at radius 2 is 1.73 bits per heavy atom. The molecule has 92 valence electrons. The molecule has 0 radical (unpaired) electrons. The molecule has 0 saturated carbocycles. The summed E-state index contributed by atoms with van der Waals surface area (Å²) in [7, 11) is 0. The van der Waals surface area contributed by atoms with Crippen molar-refractivity contribution in [2.45, 2.75) is 65.4 Å². The topological polar surface area (TPSA) is 32.3 Å². The van der Waals surface area contributed by atoms with Gasteiger partial charge in [0.25, 0.3) is 0 Å². The predicted octanol–water partition coefficient (Wildman–Crippen LogP) is 2.95. The molecule has 0 aliphatic carbocycles. The molecule has 2 nitrogen and oxygen atoms in total. The van der Waals surface area contributed by atoms with Crippen LogP contribution in [0.3, 0.4) is 0 Å². The monoisotopic (exact) mass is 215 g/mol. The molecule has 1 atom stereocenters. The molecular formula is C13H29NO. The minimum absolute atomic E-state index is 0.489. The van der Waals surface area contributed by atoms with Crippen LogP contribution in [0.2, 0.25) is 0 Å². The summed E-state index contributed by atoms with van der Waals surface area (Å²) in [6.45, 7) is 10.5. The fourth-order valence-corrected chi connectivity index (χ4v) is 1.96. The maximum atomic E-state index is 10.2. The second-order valence-corrected chi connectivity index (χ2v) is 4.88. The molecule has 0 rings (SSSR count). The fourth-order valence-electron chi connectivity index (χ4n) is 1.96. The molecule has 0 bridgehead atoms. The zero-order valence-corrected chi connectivity index (χ0v) is 11.0. The van der Waals surface area contributed by atoms with Crippen molar-refractivity contribution in [2.75, 3.05) is 13.1 Å². The van der Waals surface area contributed by atoms with E-state index in [1.54, 1.807) is 0 Å². The summed E-state index contributed by atoms with van der Waals surface area (Å²) in [5.74, 6) is 0.672.